The number of rotatable bonds is 8. The minimum absolute atomic E-state index is 0.0171. The predicted molar refractivity (Wildman–Crippen MR) is 106 cm³/mol. The molecular weight excluding hydrogens is 398 g/mol. The van der Waals surface area contributed by atoms with Crippen molar-refractivity contribution >= 4 is 35.2 Å². The summed E-state index contributed by atoms with van der Waals surface area (Å²) in [7, 11) is 1.18. The highest BCUT2D eigenvalue weighted by Crippen LogP contribution is 2.29. The second-order valence-corrected chi connectivity index (χ2v) is 6.69. The number of hydrogen-bond donors (Lipinski definition) is 0. The van der Waals surface area contributed by atoms with Crippen LogP contribution in [0.25, 0.3) is 0 Å². The van der Waals surface area contributed by atoms with Crippen LogP contribution in [0.3, 0.4) is 0 Å². The third-order valence-electron chi connectivity index (χ3n) is 4.11. The predicted octanol–water partition coefficient (Wildman–Crippen LogP) is 3.66. The number of ether oxygens (including phenoxy) is 2. The molecule has 0 heterocycles. The molecule has 0 spiro atoms. The van der Waals surface area contributed by atoms with Gasteiger partial charge >= 0.3 is 11.9 Å². The van der Waals surface area contributed by atoms with E-state index in [9.17, 15) is 24.5 Å². The number of nitro benzene ring substituents is 1. The smallest absolute Gasteiger partial charge is 0.347 e. The summed E-state index contributed by atoms with van der Waals surface area (Å²) in [6.45, 7) is 1.65. The Hall–Kier alpha value is -3.20. The van der Waals surface area contributed by atoms with E-state index in [-0.39, 0.29) is 28.8 Å². The standard InChI is InChI=1S/C20H19NO7S/c1-4-16(20(24)27-2)28-19(23)14-8-6-5-7-13(14)18(22)12-9-10-17(29-3)15(11-12)21(25)26/h5-11,16H,4H2,1-3H3/t16-/m1/s1. The molecule has 2 rings (SSSR count). The highest BCUT2D eigenvalue weighted by atomic mass is 32.2. The topological polar surface area (TPSA) is 113 Å². The average Bonchev–Trinajstić information content (AvgIpc) is 2.75. The van der Waals surface area contributed by atoms with Gasteiger partial charge in [-0.3, -0.25) is 14.9 Å². The van der Waals surface area contributed by atoms with E-state index in [1.165, 1.54) is 49.2 Å². The Bertz CT molecular complexity index is 958. The van der Waals surface area contributed by atoms with Crippen LogP contribution in [0, 0.1) is 10.1 Å². The van der Waals surface area contributed by atoms with Crippen molar-refractivity contribution in [3.63, 3.8) is 0 Å². The van der Waals surface area contributed by atoms with Crippen molar-refractivity contribution in [2.24, 2.45) is 0 Å². The molecule has 0 N–H and O–H groups in total. The van der Waals surface area contributed by atoms with Crippen LogP contribution in [0.2, 0.25) is 0 Å². The van der Waals surface area contributed by atoms with Gasteiger partial charge in [0, 0.05) is 17.2 Å². The molecule has 2 aromatic rings. The van der Waals surface area contributed by atoms with E-state index in [4.69, 9.17) is 4.74 Å². The van der Waals surface area contributed by atoms with E-state index >= 15 is 0 Å². The SMILES string of the molecule is CC[C@@H](OC(=O)c1ccccc1C(=O)c1ccc(SC)c([N+](=O)[O-])c1)C(=O)OC. The first kappa shape index (κ1) is 22.1. The zero-order chi connectivity index (χ0) is 21.6. The molecule has 0 aromatic heterocycles. The molecule has 0 amide bonds. The Morgan fingerprint density at radius 3 is 2.34 bits per heavy atom. The van der Waals surface area contributed by atoms with Crippen LogP contribution in [-0.2, 0) is 14.3 Å². The summed E-state index contributed by atoms with van der Waals surface area (Å²) in [6, 6.07) is 10.1. The Balaban J connectivity index is 2.41. The summed E-state index contributed by atoms with van der Waals surface area (Å²) in [5, 5.41) is 11.3. The number of carbonyl (C=O) groups is 3. The van der Waals surface area contributed by atoms with Crippen molar-refractivity contribution in [3.05, 3.63) is 69.3 Å². The molecular formula is C20H19NO7S. The zero-order valence-electron chi connectivity index (χ0n) is 16.0. The molecule has 29 heavy (non-hydrogen) atoms. The first-order chi connectivity index (χ1) is 13.8. The Morgan fingerprint density at radius 1 is 1.14 bits per heavy atom. The van der Waals surface area contributed by atoms with Gasteiger partial charge in [0.15, 0.2) is 11.9 Å². The van der Waals surface area contributed by atoms with Gasteiger partial charge in [0.05, 0.1) is 22.5 Å². The molecule has 2 aromatic carbocycles. The van der Waals surface area contributed by atoms with E-state index in [0.717, 1.165) is 0 Å². The number of esters is 2. The molecule has 0 radical (unpaired) electrons. The Morgan fingerprint density at radius 2 is 1.79 bits per heavy atom. The molecule has 0 aliphatic heterocycles. The lowest BCUT2D eigenvalue weighted by atomic mass is 9.98. The van der Waals surface area contributed by atoms with Gasteiger partial charge in [-0.2, -0.15) is 0 Å². The highest BCUT2D eigenvalue weighted by Gasteiger charge is 2.26. The van der Waals surface area contributed by atoms with Crippen LogP contribution in [-0.4, -0.2) is 42.1 Å². The van der Waals surface area contributed by atoms with E-state index in [2.05, 4.69) is 4.74 Å². The number of nitro groups is 1. The summed E-state index contributed by atoms with van der Waals surface area (Å²) in [4.78, 5) is 48.3. The average molecular weight is 417 g/mol. The van der Waals surface area contributed by atoms with Gasteiger partial charge in [0.1, 0.15) is 0 Å². The van der Waals surface area contributed by atoms with Crippen LogP contribution >= 0.6 is 11.8 Å². The summed E-state index contributed by atoms with van der Waals surface area (Å²) >= 11 is 1.19. The monoisotopic (exact) mass is 417 g/mol. The van der Waals surface area contributed by atoms with Gasteiger partial charge in [0.2, 0.25) is 0 Å². The normalized spacial score (nSPS) is 11.4. The van der Waals surface area contributed by atoms with Gasteiger partial charge in [-0.15, -0.1) is 11.8 Å². The number of hydrogen-bond acceptors (Lipinski definition) is 8. The quantitative estimate of drug-likeness (QED) is 0.210. The van der Waals surface area contributed by atoms with Gasteiger partial charge in [-0.05, 0) is 30.9 Å². The second-order valence-electron chi connectivity index (χ2n) is 5.84. The largest absolute Gasteiger partial charge is 0.466 e. The van der Waals surface area contributed by atoms with Crippen molar-refractivity contribution in [1.29, 1.82) is 0 Å². The Labute approximate surface area is 171 Å². The zero-order valence-corrected chi connectivity index (χ0v) is 16.9. The molecule has 152 valence electrons. The maximum Gasteiger partial charge on any atom is 0.347 e. The van der Waals surface area contributed by atoms with Crippen LogP contribution < -0.4 is 0 Å². The molecule has 1 atom stereocenters. The van der Waals surface area contributed by atoms with Gasteiger partial charge < -0.3 is 9.47 Å². The second kappa shape index (κ2) is 9.83. The number of methoxy groups -OCH3 is 1. The first-order valence-corrected chi connectivity index (χ1v) is 9.81. The summed E-state index contributed by atoms with van der Waals surface area (Å²) in [6.07, 6.45) is 0.801. The van der Waals surface area contributed by atoms with Crippen LogP contribution in [0.15, 0.2) is 47.4 Å². The minimum atomic E-state index is -1.10. The Kier molecular flexibility index (Phi) is 7.49. The first-order valence-electron chi connectivity index (χ1n) is 8.59. The fourth-order valence-corrected chi connectivity index (χ4v) is 3.16. The van der Waals surface area contributed by atoms with Crippen molar-refractivity contribution < 1.29 is 28.8 Å². The summed E-state index contributed by atoms with van der Waals surface area (Å²) < 4.78 is 9.78. The number of benzene rings is 2. The van der Waals surface area contributed by atoms with Gasteiger partial charge in [-0.1, -0.05) is 25.1 Å². The fourth-order valence-electron chi connectivity index (χ4n) is 2.61. The number of thioether (sulfide) groups is 1. The molecule has 9 heteroatoms. The van der Waals surface area contributed by atoms with Crippen LogP contribution in [0.5, 0.6) is 0 Å². The molecule has 0 aliphatic carbocycles. The van der Waals surface area contributed by atoms with Crippen molar-refractivity contribution in [3.8, 4) is 0 Å². The van der Waals surface area contributed by atoms with E-state index in [1.54, 1.807) is 25.3 Å². The van der Waals surface area contributed by atoms with Crippen molar-refractivity contribution in [2.75, 3.05) is 13.4 Å². The lowest BCUT2D eigenvalue weighted by Crippen LogP contribution is -2.28. The molecule has 8 nitrogen and oxygen atoms in total. The number of ketones is 1. The van der Waals surface area contributed by atoms with Gasteiger partial charge in [-0.25, -0.2) is 9.59 Å². The number of carbonyl (C=O) groups excluding carboxylic acids is 3. The highest BCUT2D eigenvalue weighted by molar-refractivity contribution is 7.98. The van der Waals surface area contributed by atoms with Gasteiger partial charge in [0.25, 0.3) is 5.69 Å². The molecule has 0 unspecified atom stereocenters. The van der Waals surface area contributed by atoms with E-state index in [0.29, 0.717) is 4.90 Å². The molecule has 0 aliphatic rings. The molecule has 0 bridgehead atoms. The third-order valence-corrected chi connectivity index (χ3v) is 4.90. The lowest BCUT2D eigenvalue weighted by Gasteiger charge is -2.15. The van der Waals surface area contributed by atoms with E-state index in [1.807, 2.05) is 0 Å². The lowest BCUT2D eigenvalue weighted by molar-refractivity contribution is -0.387. The summed E-state index contributed by atoms with van der Waals surface area (Å²) in [5.41, 5.74) is -0.158. The molecule has 0 saturated heterocycles. The van der Waals surface area contributed by atoms with Crippen LogP contribution in [0.1, 0.15) is 39.6 Å². The number of nitrogens with zero attached hydrogens (tertiary/aromatic N) is 1. The fraction of sp³-hybridized carbons (Fsp3) is 0.250. The van der Waals surface area contributed by atoms with E-state index < -0.39 is 28.7 Å². The summed E-state index contributed by atoms with van der Waals surface area (Å²) in [5.74, 6) is -2.13. The van der Waals surface area contributed by atoms with Crippen molar-refractivity contribution in [1.82, 2.24) is 0 Å². The third kappa shape index (κ3) is 5.00. The maximum absolute atomic E-state index is 13.0. The van der Waals surface area contributed by atoms with Crippen LogP contribution in [0.4, 0.5) is 5.69 Å². The molecule has 0 fully saturated rings. The minimum Gasteiger partial charge on any atom is -0.466 e. The van der Waals surface area contributed by atoms with Crippen molar-refractivity contribution in [2.45, 2.75) is 24.3 Å². The maximum atomic E-state index is 13.0. The molecule has 0 saturated carbocycles.